The second-order valence-corrected chi connectivity index (χ2v) is 12.0. The molecule has 0 fully saturated rings. The summed E-state index contributed by atoms with van der Waals surface area (Å²) < 4.78 is 144. The third-order valence-electron chi connectivity index (χ3n) is 7.63. The predicted molar refractivity (Wildman–Crippen MR) is 156 cm³/mol. The number of aliphatic hydroxyl groups is 2. The Morgan fingerprint density at radius 1 is 0.745 bits per heavy atom. The van der Waals surface area contributed by atoms with E-state index in [4.69, 9.17) is 11.3 Å². The van der Waals surface area contributed by atoms with Gasteiger partial charge < -0.3 is 14.9 Å². The summed E-state index contributed by atoms with van der Waals surface area (Å²) in [5.41, 5.74) is -10.2. The molecule has 0 radical (unpaired) electrons. The molecule has 5 rings (SSSR count). The van der Waals surface area contributed by atoms with Gasteiger partial charge in [0.2, 0.25) is 0 Å². The van der Waals surface area contributed by atoms with E-state index < -0.39 is 86.1 Å². The smallest absolute Gasteiger partial charge is 0.346 e. The molecule has 4 nitrogen and oxygen atoms in total. The molecule has 16 heteroatoms. The van der Waals surface area contributed by atoms with Crippen molar-refractivity contribution in [2.45, 2.75) is 47.7 Å². The molecule has 3 aromatic carbocycles. The number of benzene rings is 3. The minimum Gasteiger partial charge on any atom is -0.457 e. The normalized spacial score (nSPS) is 23.9. The molecule has 2 aliphatic carbocycles. The Morgan fingerprint density at radius 2 is 1.21 bits per heavy atom. The first-order valence-corrected chi connectivity index (χ1v) is 14.5. The van der Waals surface area contributed by atoms with Gasteiger partial charge in [0.05, 0.1) is 15.5 Å². The predicted octanol–water partition coefficient (Wildman–Crippen LogP) is 10.5. The van der Waals surface area contributed by atoms with Gasteiger partial charge in [0.25, 0.3) is 0 Å². The van der Waals surface area contributed by atoms with Gasteiger partial charge in [-0.05, 0) is 68.3 Å². The Labute approximate surface area is 277 Å². The van der Waals surface area contributed by atoms with Crippen molar-refractivity contribution in [3.63, 3.8) is 0 Å². The van der Waals surface area contributed by atoms with Crippen LogP contribution in [-0.4, -0.2) is 22.1 Å². The van der Waals surface area contributed by atoms with E-state index in [0.717, 1.165) is 36.4 Å². The fraction of sp³-hybridized carbons (Fsp3) is 0.258. The molecule has 2 N–H and O–H groups in total. The van der Waals surface area contributed by atoms with Crippen LogP contribution in [0.4, 0.5) is 49.6 Å². The van der Waals surface area contributed by atoms with Gasteiger partial charge in [-0.2, -0.15) is 35.1 Å². The van der Waals surface area contributed by atoms with E-state index in [1.165, 1.54) is 6.07 Å². The van der Waals surface area contributed by atoms with E-state index in [1.54, 1.807) is 0 Å². The quantitative estimate of drug-likeness (QED) is 0.148. The Balaban J connectivity index is 0.000000229. The van der Waals surface area contributed by atoms with E-state index in [2.05, 4.69) is 49.9 Å². The van der Waals surface area contributed by atoms with Crippen molar-refractivity contribution < 1.29 is 58.9 Å². The summed E-state index contributed by atoms with van der Waals surface area (Å²) in [4.78, 5) is 3.07. The third-order valence-corrected chi connectivity index (χ3v) is 9.19. The molecule has 0 amide bonds. The van der Waals surface area contributed by atoms with Crippen LogP contribution in [0.3, 0.4) is 0 Å². The zero-order valence-electron chi connectivity index (χ0n) is 23.3. The van der Waals surface area contributed by atoms with Crippen LogP contribution in [-0.2, 0) is 23.0 Å². The zero-order valence-corrected chi connectivity index (χ0v) is 26.5. The summed E-state index contributed by atoms with van der Waals surface area (Å²) in [7, 11) is 0. The Kier molecular flexibility index (Phi) is 9.26. The highest BCUT2D eigenvalue weighted by atomic mass is 79.9. The maximum absolute atomic E-state index is 14.4. The zero-order chi connectivity index (χ0) is 35.5. The number of fused-ring (bicyclic) bond motifs is 2. The van der Waals surface area contributed by atoms with Crippen molar-refractivity contribution in [1.29, 1.82) is 0 Å². The Bertz CT molecular complexity index is 1830. The Hall–Kier alpha value is -3.39. The second-order valence-electron chi connectivity index (χ2n) is 10.4. The standard InChI is InChI=1S/C19H11BrF5NO2.C12H8BrF5O/c1-3-6-17(27)15-13(18(22,23)19(17,24)25)4-5-14(16(15)20)28-12-8-10(21)7-11(9-12)26-2;1-2-5-10(19)8-6(3-4-7(14)9(8)13)11(15,16)12(10,17)18/h3-5,7-9,27H,1,6H2;2-4,19H,1,5H2. The highest BCUT2D eigenvalue weighted by Crippen LogP contribution is 2.65. The van der Waals surface area contributed by atoms with Crippen molar-refractivity contribution in [2.75, 3.05) is 0 Å². The van der Waals surface area contributed by atoms with E-state index in [-0.39, 0.29) is 21.7 Å². The van der Waals surface area contributed by atoms with Gasteiger partial charge in [-0.3, -0.25) is 0 Å². The molecular formula is C31H19Br2F10NO3. The first kappa shape index (κ1) is 36.4. The molecule has 0 aliphatic heterocycles. The van der Waals surface area contributed by atoms with Crippen LogP contribution < -0.4 is 4.74 Å². The van der Waals surface area contributed by atoms with Crippen molar-refractivity contribution in [1.82, 2.24) is 0 Å². The first-order chi connectivity index (χ1) is 21.6. The number of rotatable bonds is 6. The molecule has 0 spiro atoms. The van der Waals surface area contributed by atoms with Crippen LogP contribution in [0, 0.1) is 18.2 Å². The lowest BCUT2D eigenvalue weighted by molar-refractivity contribution is -0.285. The minimum atomic E-state index is -4.80. The lowest BCUT2D eigenvalue weighted by Crippen LogP contribution is -2.48. The summed E-state index contributed by atoms with van der Waals surface area (Å²) >= 11 is 5.60. The summed E-state index contributed by atoms with van der Waals surface area (Å²) in [6.45, 7) is 13.3. The first-order valence-electron chi connectivity index (χ1n) is 13.0. The van der Waals surface area contributed by atoms with Crippen molar-refractivity contribution in [3.8, 4) is 11.5 Å². The average molecular weight is 803 g/mol. The van der Waals surface area contributed by atoms with E-state index in [1.807, 2.05) is 0 Å². The molecule has 2 atom stereocenters. The van der Waals surface area contributed by atoms with Gasteiger partial charge in [-0.15, -0.1) is 13.2 Å². The van der Waals surface area contributed by atoms with Gasteiger partial charge >= 0.3 is 23.7 Å². The van der Waals surface area contributed by atoms with E-state index in [0.29, 0.717) is 12.1 Å². The maximum atomic E-state index is 14.4. The molecule has 47 heavy (non-hydrogen) atoms. The van der Waals surface area contributed by atoms with Gasteiger partial charge in [0.1, 0.15) is 23.1 Å². The van der Waals surface area contributed by atoms with E-state index in [9.17, 15) is 54.1 Å². The molecule has 0 heterocycles. The number of hydrogen-bond donors (Lipinski definition) is 2. The molecule has 3 aromatic rings. The van der Waals surface area contributed by atoms with Crippen LogP contribution in [0.15, 0.2) is 76.7 Å². The monoisotopic (exact) mass is 801 g/mol. The third kappa shape index (κ3) is 5.17. The molecule has 2 unspecified atom stereocenters. The number of alkyl halides is 8. The van der Waals surface area contributed by atoms with Crippen molar-refractivity contribution in [2.24, 2.45) is 0 Å². The lowest BCUT2D eigenvalue weighted by atomic mass is 9.89. The highest BCUT2D eigenvalue weighted by Gasteiger charge is 2.77. The van der Waals surface area contributed by atoms with Gasteiger partial charge in [-0.25, -0.2) is 13.6 Å². The summed E-state index contributed by atoms with van der Waals surface area (Å²) in [6, 6.07) is 6.01. The minimum absolute atomic E-state index is 0.0755. The highest BCUT2D eigenvalue weighted by molar-refractivity contribution is 9.11. The van der Waals surface area contributed by atoms with Crippen LogP contribution in [0.25, 0.3) is 4.85 Å². The van der Waals surface area contributed by atoms with Crippen molar-refractivity contribution >= 4 is 37.5 Å². The summed E-state index contributed by atoms with van der Waals surface area (Å²) in [5, 5.41) is 20.5. The fourth-order valence-corrected chi connectivity index (χ4v) is 6.80. The Morgan fingerprint density at radius 3 is 1.68 bits per heavy atom. The average Bonchev–Trinajstić information content (AvgIpc) is 3.17. The molecular weight excluding hydrogens is 784 g/mol. The van der Waals surface area contributed by atoms with Gasteiger partial charge in [0, 0.05) is 41.2 Å². The molecule has 0 bridgehead atoms. The van der Waals surface area contributed by atoms with Crippen molar-refractivity contribution in [3.05, 3.63) is 122 Å². The molecule has 0 aromatic heterocycles. The lowest BCUT2D eigenvalue weighted by Gasteiger charge is -2.32. The van der Waals surface area contributed by atoms with Crippen LogP contribution in [0.1, 0.15) is 35.1 Å². The second kappa shape index (κ2) is 11.9. The number of halogens is 12. The van der Waals surface area contributed by atoms with Crippen LogP contribution >= 0.6 is 31.9 Å². The number of nitrogens with zero attached hydrogens (tertiary/aromatic N) is 1. The van der Waals surface area contributed by atoms with Crippen LogP contribution in [0.2, 0.25) is 0 Å². The summed E-state index contributed by atoms with van der Waals surface area (Å²) in [5.74, 6) is -20.9. The van der Waals surface area contributed by atoms with Gasteiger partial charge in [-0.1, -0.05) is 12.2 Å². The van der Waals surface area contributed by atoms with Crippen LogP contribution in [0.5, 0.6) is 11.5 Å². The fourth-order valence-electron chi connectivity index (χ4n) is 5.37. The summed E-state index contributed by atoms with van der Waals surface area (Å²) in [6.07, 6.45) is 0.126. The number of hydrogen-bond acceptors (Lipinski definition) is 3. The molecule has 250 valence electrons. The number of ether oxygens (including phenoxy) is 1. The molecule has 0 saturated carbocycles. The molecule has 0 saturated heterocycles. The maximum Gasteiger partial charge on any atom is 0.346 e. The SMILES string of the molecule is C=CCC1(O)c2c(ccc(F)c2Br)C(F)(F)C1(F)F.[C-]#[N+]c1cc(F)cc(Oc2ccc3c(c2Br)C(O)(CC=C)C(F)(F)C3(F)F)c1. The van der Waals surface area contributed by atoms with Gasteiger partial charge in [0.15, 0.2) is 16.9 Å². The molecule has 2 aliphatic rings. The van der Waals surface area contributed by atoms with E-state index >= 15 is 0 Å². The topological polar surface area (TPSA) is 54.0 Å². The largest absolute Gasteiger partial charge is 0.457 e.